The van der Waals surface area contributed by atoms with Crippen molar-refractivity contribution in [3.63, 3.8) is 0 Å². The van der Waals surface area contributed by atoms with Gasteiger partial charge in [0.1, 0.15) is 11.4 Å². The Kier molecular flexibility index (Phi) is 6.98. The molecule has 0 spiro atoms. The van der Waals surface area contributed by atoms with Gasteiger partial charge in [-0.1, -0.05) is 30.3 Å². The van der Waals surface area contributed by atoms with Crippen molar-refractivity contribution in [1.82, 2.24) is 14.7 Å². The molecule has 188 valence electrons. The molecule has 0 N–H and O–H groups in total. The number of hydrogen-bond acceptors (Lipinski definition) is 5. The largest absolute Gasteiger partial charge is 0.497 e. The molecule has 0 unspecified atom stereocenters. The molecule has 0 bridgehead atoms. The zero-order valence-corrected chi connectivity index (χ0v) is 20.6. The van der Waals surface area contributed by atoms with Crippen LogP contribution in [0.2, 0.25) is 0 Å². The van der Waals surface area contributed by atoms with Gasteiger partial charge in [0.25, 0.3) is 11.6 Å². The highest BCUT2D eigenvalue weighted by Crippen LogP contribution is 2.28. The van der Waals surface area contributed by atoms with Crippen LogP contribution in [0.15, 0.2) is 84.9 Å². The van der Waals surface area contributed by atoms with Crippen LogP contribution in [0.4, 0.5) is 5.69 Å². The first-order valence-corrected chi connectivity index (χ1v) is 12.3. The number of aromatic nitrogens is 2. The molecule has 1 saturated heterocycles. The summed E-state index contributed by atoms with van der Waals surface area (Å²) in [6, 6.07) is 25.8. The average Bonchev–Trinajstić information content (AvgIpc) is 3.39. The van der Waals surface area contributed by atoms with Crippen molar-refractivity contribution in [3.05, 3.63) is 106 Å². The van der Waals surface area contributed by atoms with Crippen LogP contribution in [-0.2, 0) is 6.42 Å². The van der Waals surface area contributed by atoms with E-state index in [0.29, 0.717) is 36.1 Å². The summed E-state index contributed by atoms with van der Waals surface area (Å²) < 4.78 is 6.84. The summed E-state index contributed by atoms with van der Waals surface area (Å²) in [5.41, 5.74) is 3.82. The SMILES string of the molecule is COc1ccc(-c2cc(C(=O)N3CCC(Cc4ccccc4)CC3)n(-c3ccc([N+](=O)[O-])cc3)n2)cc1. The van der Waals surface area contributed by atoms with Gasteiger partial charge in [-0.05, 0) is 73.2 Å². The number of ether oxygens (including phenoxy) is 1. The van der Waals surface area contributed by atoms with Crippen LogP contribution in [0, 0.1) is 16.0 Å². The Balaban J connectivity index is 1.40. The average molecular weight is 497 g/mol. The summed E-state index contributed by atoms with van der Waals surface area (Å²) >= 11 is 0. The molecule has 0 atom stereocenters. The second kappa shape index (κ2) is 10.7. The lowest BCUT2D eigenvalue weighted by Crippen LogP contribution is -2.39. The van der Waals surface area contributed by atoms with Crippen LogP contribution in [0.25, 0.3) is 16.9 Å². The van der Waals surface area contributed by atoms with Crippen molar-refractivity contribution in [2.45, 2.75) is 19.3 Å². The van der Waals surface area contributed by atoms with Gasteiger partial charge < -0.3 is 9.64 Å². The third-order valence-electron chi connectivity index (χ3n) is 6.89. The first-order valence-electron chi connectivity index (χ1n) is 12.3. The van der Waals surface area contributed by atoms with Gasteiger partial charge in [-0.25, -0.2) is 4.68 Å². The fourth-order valence-corrected chi connectivity index (χ4v) is 4.80. The number of carbonyl (C=O) groups is 1. The van der Waals surface area contributed by atoms with Gasteiger partial charge in [0.2, 0.25) is 0 Å². The third kappa shape index (κ3) is 5.38. The van der Waals surface area contributed by atoms with E-state index in [0.717, 1.165) is 30.6 Å². The topological polar surface area (TPSA) is 90.5 Å². The monoisotopic (exact) mass is 496 g/mol. The molecule has 1 amide bonds. The highest BCUT2D eigenvalue weighted by molar-refractivity contribution is 5.94. The molecule has 3 aromatic carbocycles. The predicted molar refractivity (Wildman–Crippen MR) is 141 cm³/mol. The van der Waals surface area contributed by atoms with Gasteiger partial charge >= 0.3 is 0 Å². The van der Waals surface area contributed by atoms with Crippen LogP contribution in [0.5, 0.6) is 5.75 Å². The summed E-state index contributed by atoms with van der Waals surface area (Å²) in [6.45, 7) is 1.36. The minimum absolute atomic E-state index is 0.0142. The predicted octanol–water partition coefficient (Wildman–Crippen LogP) is 5.55. The molecule has 0 aliphatic carbocycles. The Morgan fingerprint density at radius 2 is 1.68 bits per heavy atom. The number of piperidine rings is 1. The van der Waals surface area contributed by atoms with Gasteiger partial charge in [-0.15, -0.1) is 0 Å². The summed E-state index contributed by atoms with van der Waals surface area (Å²) in [6.07, 6.45) is 2.90. The molecule has 37 heavy (non-hydrogen) atoms. The van der Waals surface area contributed by atoms with Crippen LogP contribution in [0.1, 0.15) is 28.9 Å². The zero-order chi connectivity index (χ0) is 25.8. The lowest BCUT2D eigenvalue weighted by molar-refractivity contribution is -0.384. The fraction of sp³-hybridized carbons (Fsp3) is 0.241. The van der Waals surface area contributed by atoms with Crippen molar-refractivity contribution < 1.29 is 14.5 Å². The van der Waals surface area contributed by atoms with Crippen LogP contribution in [-0.4, -0.2) is 45.7 Å². The zero-order valence-electron chi connectivity index (χ0n) is 20.6. The van der Waals surface area contributed by atoms with Gasteiger partial charge in [0.15, 0.2) is 0 Å². The quantitative estimate of drug-likeness (QED) is 0.247. The van der Waals surface area contributed by atoms with Crippen molar-refractivity contribution in [3.8, 4) is 22.7 Å². The molecule has 8 heteroatoms. The van der Waals surface area contributed by atoms with Crippen LogP contribution in [0.3, 0.4) is 0 Å². The number of hydrogen-bond donors (Lipinski definition) is 0. The van der Waals surface area contributed by atoms with E-state index in [1.54, 1.807) is 30.0 Å². The van der Waals surface area contributed by atoms with Crippen LogP contribution >= 0.6 is 0 Å². The normalized spacial score (nSPS) is 13.9. The maximum absolute atomic E-state index is 13.7. The van der Waals surface area contributed by atoms with Crippen molar-refractivity contribution >= 4 is 11.6 Å². The number of nitrogens with zero attached hydrogens (tertiary/aromatic N) is 4. The number of nitro benzene ring substituents is 1. The minimum atomic E-state index is -0.443. The second-order valence-corrected chi connectivity index (χ2v) is 9.25. The molecule has 1 fully saturated rings. The molecule has 0 radical (unpaired) electrons. The number of amides is 1. The molecular formula is C29H28N4O4. The number of likely N-dealkylation sites (tertiary alicyclic amines) is 1. The lowest BCUT2D eigenvalue weighted by Gasteiger charge is -2.32. The van der Waals surface area contributed by atoms with Crippen molar-refractivity contribution in [2.24, 2.45) is 5.92 Å². The van der Waals surface area contributed by atoms with Crippen molar-refractivity contribution in [1.29, 1.82) is 0 Å². The van der Waals surface area contributed by atoms with Gasteiger partial charge in [-0.3, -0.25) is 14.9 Å². The highest BCUT2D eigenvalue weighted by atomic mass is 16.6. The van der Waals surface area contributed by atoms with E-state index in [-0.39, 0.29) is 11.6 Å². The molecule has 0 saturated carbocycles. The Labute approximate surface area is 215 Å². The number of carbonyl (C=O) groups excluding carboxylic acids is 1. The van der Waals surface area contributed by atoms with E-state index >= 15 is 0 Å². The number of methoxy groups -OCH3 is 1. The summed E-state index contributed by atoms with van der Waals surface area (Å²) in [5.74, 6) is 1.18. The van der Waals surface area contributed by atoms with Gasteiger partial charge in [-0.2, -0.15) is 5.10 Å². The Morgan fingerprint density at radius 1 is 1.00 bits per heavy atom. The molecule has 1 aromatic heterocycles. The highest BCUT2D eigenvalue weighted by Gasteiger charge is 2.27. The number of benzene rings is 3. The number of non-ortho nitro benzene ring substituents is 1. The molecule has 8 nitrogen and oxygen atoms in total. The molecule has 5 rings (SSSR count). The Bertz CT molecular complexity index is 1370. The molecular weight excluding hydrogens is 468 g/mol. The molecule has 1 aliphatic heterocycles. The van der Waals surface area contributed by atoms with Gasteiger partial charge in [0.05, 0.1) is 23.4 Å². The van der Waals surface area contributed by atoms with E-state index in [9.17, 15) is 14.9 Å². The maximum Gasteiger partial charge on any atom is 0.272 e. The number of rotatable bonds is 7. The Morgan fingerprint density at radius 3 is 2.30 bits per heavy atom. The van der Waals surface area contributed by atoms with E-state index in [1.165, 1.54) is 17.7 Å². The van der Waals surface area contributed by atoms with E-state index < -0.39 is 4.92 Å². The number of nitro groups is 1. The second-order valence-electron chi connectivity index (χ2n) is 9.25. The maximum atomic E-state index is 13.7. The third-order valence-corrected chi connectivity index (χ3v) is 6.89. The minimum Gasteiger partial charge on any atom is -0.497 e. The van der Waals surface area contributed by atoms with Gasteiger partial charge in [0, 0.05) is 30.8 Å². The smallest absolute Gasteiger partial charge is 0.272 e. The standard InChI is InChI=1S/C29H28N4O4/c1-37-26-13-7-23(8-14-26)27-20-28(32(30-27)24-9-11-25(12-10-24)33(35)36)29(34)31-17-15-22(16-18-31)19-21-5-3-2-4-6-21/h2-14,20,22H,15-19H2,1H3. The van der Waals surface area contributed by atoms with Crippen LogP contribution < -0.4 is 4.74 Å². The molecule has 2 heterocycles. The molecule has 4 aromatic rings. The Hall–Kier alpha value is -4.46. The van der Waals surface area contributed by atoms with E-state index in [2.05, 4.69) is 24.3 Å². The summed E-state index contributed by atoms with van der Waals surface area (Å²) in [4.78, 5) is 26.3. The molecule has 1 aliphatic rings. The summed E-state index contributed by atoms with van der Waals surface area (Å²) in [7, 11) is 1.61. The fourth-order valence-electron chi connectivity index (χ4n) is 4.80. The first-order chi connectivity index (χ1) is 18.0. The van der Waals surface area contributed by atoms with E-state index in [1.807, 2.05) is 35.2 Å². The summed E-state index contributed by atoms with van der Waals surface area (Å²) in [5, 5.41) is 15.9. The lowest BCUT2D eigenvalue weighted by atomic mass is 9.90. The van der Waals surface area contributed by atoms with E-state index in [4.69, 9.17) is 9.84 Å². The van der Waals surface area contributed by atoms with Crippen molar-refractivity contribution in [2.75, 3.05) is 20.2 Å². The first kappa shape index (κ1) is 24.2.